The van der Waals surface area contributed by atoms with E-state index < -0.39 is 5.97 Å². The Balaban J connectivity index is 2.20. The fraction of sp³-hybridized carbons (Fsp3) is 0.500. The van der Waals surface area contributed by atoms with Gasteiger partial charge in [0, 0.05) is 18.9 Å². The van der Waals surface area contributed by atoms with Crippen LogP contribution in [0.5, 0.6) is 0 Å². The van der Waals surface area contributed by atoms with Gasteiger partial charge in [-0.25, -0.2) is 14.5 Å². The zero-order valence-electron chi connectivity index (χ0n) is 10.3. The van der Waals surface area contributed by atoms with Crippen molar-refractivity contribution in [2.45, 2.75) is 26.9 Å². The number of hydrogen-bond acceptors (Lipinski definition) is 6. The molecule has 0 bridgehead atoms. The fourth-order valence-corrected chi connectivity index (χ4v) is 1.57. The van der Waals surface area contributed by atoms with Gasteiger partial charge >= 0.3 is 5.97 Å². The van der Waals surface area contributed by atoms with E-state index >= 15 is 0 Å². The molecule has 2 rings (SSSR count). The maximum atomic E-state index is 11.6. The van der Waals surface area contributed by atoms with E-state index in [2.05, 4.69) is 20.5 Å². The summed E-state index contributed by atoms with van der Waals surface area (Å²) < 4.78 is 8.21. The van der Waals surface area contributed by atoms with E-state index in [9.17, 15) is 4.79 Å². The first-order valence-electron chi connectivity index (χ1n) is 5.69. The number of hydrogen-bond donors (Lipinski definition) is 0. The summed E-state index contributed by atoms with van der Waals surface area (Å²) in [6, 6.07) is 0. The second-order valence-corrected chi connectivity index (χ2v) is 3.51. The monoisotopic (exact) mass is 250 g/mol. The minimum atomic E-state index is -0.530. The molecule has 0 aromatic carbocycles. The van der Waals surface area contributed by atoms with Crippen LogP contribution in [-0.2, 0) is 17.8 Å². The van der Waals surface area contributed by atoms with Crippen LogP contribution in [0.15, 0.2) is 12.4 Å². The molecule has 0 radical (unpaired) electrons. The summed E-state index contributed by atoms with van der Waals surface area (Å²) in [6.45, 7) is 5.16. The highest BCUT2D eigenvalue weighted by Crippen LogP contribution is 2.03. The number of carbonyl (C=O) groups is 1. The molecule has 0 aliphatic carbocycles. The number of aromatic nitrogens is 6. The van der Waals surface area contributed by atoms with E-state index in [1.165, 1.54) is 4.68 Å². The molecule has 8 heteroatoms. The standard InChI is InChI=1S/C10H14N6O2/c1-3-15-6-5-11-8(15)7-16-9(12-13-14-16)10(17)18-4-2/h5-6H,3-4,7H2,1-2H3. The largest absolute Gasteiger partial charge is 0.460 e. The third-order valence-electron chi connectivity index (χ3n) is 2.42. The maximum Gasteiger partial charge on any atom is 0.378 e. The Morgan fingerprint density at radius 1 is 1.44 bits per heavy atom. The van der Waals surface area contributed by atoms with Crippen molar-refractivity contribution in [2.24, 2.45) is 0 Å². The average molecular weight is 250 g/mol. The van der Waals surface area contributed by atoms with Crippen LogP contribution < -0.4 is 0 Å². The van der Waals surface area contributed by atoms with Gasteiger partial charge in [-0.2, -0.15) is 0 Å². The SMILES string of the molecule is CCOC(=O)c1nnnn1Cc1nccn1CC. The van der Waals surface area contributed by atoms with Gasteiger partial charge in [0.15, 0.2) is 0 Å². The molecule has 0 aliphatic rings. The highest BCUT2D eigenvalue weighted by molar-refractivity contribution is 5.85. The number of imidazole rings is 1. The number of esters is 1. The van der Waals surface area contributed by atoms with Crippen molar-refractivity contribution in [3.63, 3.8) is 0 Å². The van der Waals surface area contributed by atoms with Gasteiger partial charge in [-0.1, -0.05) is 0 Å². The summed E-state index contributed by atoms with van der Waals surface area (Å²) in [6.07, 6.45) is 3.57. The lowest BCUT2D eigenvalue weighted by Gasteiger charge is -2.05. The number of aryl methyl sites for hydroxylation is 1. The highest BCUT2D eigenvalue weighted by atomic mass is 16.5. The Kier molecular flexibility index (Phi) is 3.66. The summed E-state index contributed by atoms with van der Waals surface area (Å²) >= 11 is 0. The first kappa shape index (κ1) is 12.2. The molecule has 2 aromatic heterocycles. The van der Waals surface area contributed by atoms with Crippen LogP contribution in [0.25, 0.3) is 0 Å². The lowest BCUT2D eigenvalue weighted by molar-refractivity contribution is 0.0505. The van der Waals surface area contributed by atoms with E-state index in [0.29, 0.717) is 6.54 Å². The van der Waals surface area contributed by atoms with Crippen molar-refractivity contribution in [1.29, 1.82) is 0 Å². The van der Waals surface area contributed by atoms with Crippen molar-refractivity contribution < 1.29 is 9.53 Å². The van der Waals surface area contributed by atoms with Gasteiger partial charge in [-0.15, -0.1) is 5.10 Å². The summed E-state index contributed by atoms with van der Waals surface area (Å²) in [5, 5.41) is 10.9. The van der Waals surface area contributed by atoms with Crippen LogP contribution >= 0.6 is 0 Å². The normalized spacial score (nSPS) is 10.6. The molecule has 96 valence electrons. The van der Waals surface area contributed by atoms with Gasteiger partial charge in [0.1, 0.15) is 12.4 Å². The van der Waals surface area contributed by atoms with Gasteiger partial charge in [0.05, 0.1) is 6.61 Å². The highest BCUT2D eigenvalue weighted by Gasteiger charge is 2.17. The number of rotatable bonds is 5. The van der Waals surface area contributed by atoms with E-state index in [0.717, 1.165) is 12.4 Å². The first-order chi connectivity index (χ1) is 8.76. The smallest absolute Gasteiger partial charge is 0.378 e. The summed E-state index contributed by atoms with van der Waals surface area (Å²) in [5.74, 6) is 0.343. The molecule has 0 fully saturated rings. The van der Waals surface area contributed by atoms with Crippen molar-refractivity contribution in [1.82, 2.24) is 29.8 Å². The van der Waals surface area contributed by atoms with Crippen molar-refractivity contribution in [3.05, 3.63) is 24.0 Å². The Labute approximate surface area is 104 Å². The second kappa shape index (κ2) is 5.39. The Morgan fingerprint density at radius 3 is 3.00 bits per heavy atom. The van der Waals surface area contributed by atoms with Crippen LogP contribution in [0, 0.1) is 0 Å². The zero-order valence-corrected chi connectivity index (χ0v) is 10.3. The molecule has 0 unspecified atom stereocenters. The molecule has 0 atom stereocenters. The molecule has 0 N–H and O–H groups in total. The lowest BCUT2D eigenvalue weighted by Crippen LogP contribution is -2.17. The summed E-state index contributed by atoms with van der Waals surface area (Å²) in [7, 11) is 0. The third kappa shape index (κ3) is 2.36. The molecule has 0 aliphatic heterocycles. The van der Waals surface area contributed by atoms with Gasteiger partial charge in [0.2, 0.25) is 0 Å². The minimum absolute atomic E-state index is 0.0857. The molecule has 0 amide bonds. The van der Waals surface area contributed by atoms with E-state index in [4.69, 9.17) is 4.74 Å². The van der Waals surface area contributed by atoms with E-state index in [1.54, 1.807) is 13.1 Å². The molecule has 0 saturated heterocycles. The van der Waals surface area contributed by atoms with Crippen LogP contribution in [0.2, 0.25) is 0 Å². The predicted molar refractivity (Wildman–Crippen MR) is 60.8 cm³/mol. The fourth-order valence-electron chi connectivity index (χ4n) is 1.57. The predicted octanol–water partition coefficient (Wildman–Crippen LogP) is 0.114. The summed E-state index contributed by atoms with van der Waals surface area (Å²) in [4.78, 5) is 15.8. The van der Waals surface area contributed by atoms with Gasteiger partial charge in [0.25, 0.3) is 5.82 Å². The Hall–Kier alpha value is -2.25. The Morgan fingerprint density at radius 2 is 2.28 bits per heavy atom. The zero-order chi connectivity index (χ0) is 13.0. The number of tetrazole rings is 1. The first-order valence-corrected chi connectivity index (χ1v) is 5.69. The number of ether oxygens (including phenoxy) is 1. The number of nitrogens with zero attached hydrogens (tertiary/aromatic N) is 6. The quantitative estimate of drug-likeness (QED) is 0.700. The second-order valence-electron chi connectivity index (χ2n) is 3.51. The van der Waals surface area contributed by atoms with Crippen LogP contribution in [0.4, 0.5) is 0 Å². The van der Waals surface area contributed by atoms with Gasteiger partial charge in [-0.3, -0.25) is 0 Å². The van der Waals surface area contributed by atoms with Gasteiger partial charge in [-0.05, 0) is 24.3 Å². The molecule has 0 spiro atoms. The molecule has 18 heavy (non-hydrogen) atoms. The third-order valence-corrected chi connectivity index (χ3v) is 2.42. The van der Waals surface area contributed by atoms with E-state index in [1.807, 2.05) is 17.7 Å². The average Bonchev–Trinajstić information content (AvgIpc) is 2.98. The summed E-state index contributed by atoms with van der Waals surface area (Å²) in [5.41, 5.74) is 0. The van der Waals surface area contributed by atoms with Crippen LogP contribution in [0.3, 0.4) is 0 Å². The maximum absolute atomic E-state index is 11.6. The van der Waals surface area contributed by atoms with Gasteiger partial charge < -0.3 is 9.30 Å². The van der Waals surface area contributed by atoms with Crippen molar-refractivity contribution in [3.8, 4) is 0 Å². The van der Waals surface area contributed by atoms with Crippen LogP contribution in [-0.4, -0.2) is 42.3 Å². The Bertz CT molecular complexity index is 532. The topological polar surface area (TPSA) is 87.7 Å². The van der Waals surface area contributed by atoms with Crippen LogP contribution in [0.1, 0.15) is 30.3 Å². The lowest BCUT2D eigenvalue weighted by atomic mass is 10.5. The molecule has 2 heterocycles. The minimum Gasteiger partial charge on any atom is -0.460 e. The molecule has 2 aromatic rings. The van der Waals surface area contributed by atoms with Crippen molar-refractivity contribution >= 4 is 5.97 Å². The molecular weight excluding hydrogens is 236 g/mol. The number of carbonyl (C=O) groups excluding carboxylic acids is 1. The van der Waals surface area contributed by atoms with Crippen molar-refractivity contribution in [2.75, 3.05) is 6.61 Å². The molecule has 8 nitrogen and oxygen atoms in total. The van der Waals surface area contributed by atoms with E-state index in [-0.39, 0.29) is 12.4 Å². The molecule has 0 saturated carbocycles. The molecular formula is C10H14N6O2.